The zero-order valence-corrected chi connectivity index (χ0v) is 45.7. The van der Waals surface area contributed by atoms with E-state index in [-0.39, 0.29) is 36.3 Å². The van der Waals surface area contributed by atoms with Crippen LogP contribution in [0.1, 0.15) is 78.4 Å². The molecular weight excluding hydrogens is 997 g/mol. The summed E-state index contributed by atoms with van der Waals surface area (Å²) in [7, 11) is -7.10. The van der Waals surface area contributed by atoms with Crippen molar-refractivity contribution in [2.75, 3.05) is 88.6 Å². The van der Waals surface area contributed by atoms with Gasteiger partial charge in [0.1, 0.15) is 8.42 Å². The second-order valence-electron chi connectivity index (χ2n) is 22.4. The van der Waals surface area contributed by atoms with Crippen LogP contribution in [0.2, 0.25) is 0 Å². The molecule has 4 N–H and O–H groups in total. The molecule has 6 aliphatic rings. The fourth-order valence-corrected chi connectivity index (χ4v) is 17.1. The molecule has 2 aromatic heterocycles. The summed E-state index contributed by atoms with van der Waals surface area (Å²) in [6.45, 7) is 17.4. The zero-order valence-electron chi connectivity index (χ0n) is 42.4. The topological polar surface area (TPSA) is 187 Å². The van der Waals surface area contributed by atoms with Crippen LogP contribution in [-0.4, -0.2) is 182 Å². The number of hydrogen-bond acceptors (Lipinski definition) is 16. The maximum Gasteiger partial charge on any atom is 0.252 e. The Morgan fingerprint density at radius 2 is 0.889 bits per heavy atom. The first kappa shape index (κ1) is 53.8. The Morgan fingerprint density at radius 1 is 0.556 bits per heavy atom. The number of fused-ring (bicyclic) bond motifs is 4. The summed E-state index contributed by atoms with van der Waals surface area (Å²) in [6, 6.07) is 23.1. The first-order valence-corrected chi connectivity index (χ1v) is 29.9. The van der Waals surface area contributed by atoms with E-state index in [9.17, 15) is 37.3 Å². The third kappa shape index (κ3) is 11.8. The summed E-state index contributed by atoms with van der Waals surface area (Å²) in [5, 5.41) is 45.9. The van der Waals surface area contributed by atoms with E-state index in [0.29, 0.717) is 113 Å². The van der Waals surface area contributed by atoms with Gasteiger partial charge in [-0.1, -0.05) is 36.4 Å². The Kier molecular flexibility index (Phi) is 15.5. The van der Waals surface area contributed by atoms with Gasteiger partial charge < -0.3 is 39.7 Å². The van der Waals surface area contributed by atoms with Crippen LogP contribution in [0.25, 0.3) is 0 Å². The van der Waals surface area contributed by atoms with Crippen LogP contribution >= 0.6 is 22.7 Å². The summed E-state index contributed by atoms with van der Waals surface area (Å²) in [5.41, 5.74) is 0.463. The van der Waals surface area contributed by atoms with Crippen molar-refractivity contribution in [3.8, 4) is 0 Å². The van der Waals surface area contributed by atoms with Gasteiger partial charge in [0, 0.05) is 87.9 Å². The number of hydrogen-bond donors (Lipinski definition) is 4. The first-order valence-electron chi connectivity index (χ1n) is 25.3. The maximum atomic E-state index is 13.4. The number of sulfonamides is 2. The molecule has 0 aliphatic carbocycles. The van der Waals surface area contributed by atoms with E-state index in [0.717, 1.165) is 22.5 Å². The second kappa shape index (κ2) is 20.8. The molecule has 0 amide bonds. The smallest absolute Gasteiger partial charge is 0.252 e. The number of morpholine rings is 2. The summed E-state index contributed by atoms with van der Waals surface area (Å²) < 4.78 is 69.2. The van der Waals surface area contributed by atoms with Crippen molar-refractivity contribution in [1.82, 2.24) is 18.4 Å². The minimum absolute atomic E-state index is 0.0624. The average molecular weight is 1070 g/mol. The van der Waals surface area contributed by atoms with Gasteiger partial charge in [-0.25, -0.2) is 16.8 Å². The van der Waals surface area contributed by atoms with Crippen LogP contribution in [0.15, 0.2) is 92.0 Å². The normalized spacial score (nSPS) is 30.5. The molecule has 0 radical (unpaired) electrons. The van der Waals surface area contributed by atoms with Crippen LogP contribution in [-0.2, 0) is 40.7 Å². The standard InChI is InChI=1S/2C26H37N3O5S2/c2*1-25(2,30)19-6-8-20(9-7-19)28-11-10-27(36(32,33)24-5-4-12-35-24)15-23(28)16-29-21-13-26(3,31)14-22(29)18-34-17-21/h2*4-9,12,21-23,30-31H,10-11,13-18H2,1-3H3/t2*21-,22+,23-,26?/m11/s1. The van der Waals surface area contributed by atoms with E-state index >= 15 is 0 Å². The van der Waals surface area contributed by atoms with Crippen molar-refractivity contribution in [3.63, 3.8) is 0 Å². The zero-order chi connectivity index (χ0) is 51.4. The molecule has 0 saturated carbocycles. The summed E-state index contributed by atoms with van der Waals surface area (Å²) >= 11 is 2.51. The molecule has 6 fully saturated rings. The van der Waals surface area contributed by atoms with E-state index in [1.807, 2.05) is 62.4 Å². The Labute approximate surface area is 434 Å². The highest BCUT2D eigenvalue weighted by Gasteiger charge is 2.48. The van der Waals surface area contributed by atoms with Gasteiger partial charge in [-0.3, -0.25) is 9.80 Å². The molecule has 2 aromatic carbocycles. The number of thiophene rings is 2. The number of aliphatic hydroxyl groups is 4. The van der Waals surface area contributed by atoms with E-state index in [2.05, 4.69) is 19.6 Å². The van der Waals surface area contributed by atoms with Crippen molar-refractivity contribution in [3.05, 3.63) is 94.7 Å². The molecule has 72 heavy (non-hydrogen) atoms. The molecule has 0 spiro atoms. The fourth-order valence-electron chi connectivity index (χ4n) is 11.9. The van der Waals surface area contributed by atoms with E-state index < -0.39 is 42.5 Å². The lowest BCUT2D eigenvalue weighted by atomic mass is 9.82. The maximum absolute atomic E-state index is 13.4. The number of nitrogens with zero attached hydrogens (tertiary/aromatic N) is 6. The number of piperidine rings is 2. The van der Waals surface area contributed by atoms with E-state index in [1.54, 1.807) is 71.3 Å². The lowest BCUT2D eigenvalue weighted by molar-refractivity contribution is -0.138. The van der Waals surface area contributed by atoms with Crippen molar-refractivity contribution in [2.24, 2.45) is 0 Å². The van der Waals surface area contributed by atoms with Crippen molar-refractivity contribution in [2.45, 2.75) is 134 Å². The molecule has 20 heteroatoms. The second-order valence-corrected chi connectivity index (χ2v) is 28.6. The SMILES string of the molecule is CC1(O)C[C@H]2COC[C@@H](C1)N2C[C@H]1CN(S(=O)(=O)c2cccs2)CCN1c1ccc(C(C)(C)O)cc1.CC1(O)C[C@H]2COC[C@@H](C1)N2C[C@H]1CN(S(=O)(=O)c2cccs2)CCN1c1ccc(C(C)(C)O)cc1. The molecule has 2 unspecified atom stereocenters. The average Bonchev–Trinajstić information content (AvgIpc) is 4.07. The number of ether oxygens (including phenoxy) is 2. The molecule has 16 nitrogen and oxygen atoms in total. The predicted molar refractivity (Wildman–Crippen MR) is 282 cm³/mol. The Hall–Kier alpha value is -3.06. The van der Waals surface area contributed by atoms with Gasteiger partial charge >= 0.3 is 0 Å². The van der Waals surface area contributed by atoms with Gasteiger partial charge in [-0.2, -0.15) is 8.61 Å². The Bertz CT molecular complexity index is 2440. The molecule has 8 heterocycles. The number of rotatable bonds is 12. The minimum atomic E-state index is -3.55. The van der Waals surface area contributed by atoms with Crippen LogP contribution in [0.4, 0.5) is 11.4 Å². The van der Waals surface area contributed by atoms with Gasteiger partial charge in [0.25, 0.3) is 20.0 Å². The van der Waals surface area contributed by atoms with Crippen molar-refractivity contribution < 1.29 is 46.7 Å². The molecule has 4 aromatic rings. The third-order valence-corrected chi connectivity index (χ3v) is 22.0. The summed E-state index contributed by atoms with van der Waals surface area (Å²) in [5.74, 6) is 0. The molecule has 6 aliphatic heterocycles. The van der Waals surface area contributed by atoms with E-state index in [1.165, 1.54) is 22.7 Å². The Balaban J connectivity index is 0.000000178. The number of anilines is 2. The van der Waals surface area contributed by atoms with Crippen LogP contribution in [0, 0.1) is 0 Å². The molecule has 10 rings (SSSR count). The van der Waals surface area contributed by atoms with Crippen LogP contribution < -0.4 is 9.80 Å². The largest absolute Gasteiger partial charge is 0.390 e. The van der Waals surface area contributed by atoms with Gasteiger partial charge in [0.15, 0.2) is 0 Å². The first-order chi connectivity index (χ1) is 33.9. The lowest BCUT2D eigenvalue weighted by Gasteiger charge is -2.53. The molecule has 6 saturated heterocycles. The quantitative estimate of drug-likeness (QED) is 0.150. The monoisotopic (exact) mass is 1070 g/mol. The molecule has 8 atom stereocenters. The predicted octanol–water partition coefficient (Wildman–Crippen LogP) is 4.94. The lowest BCUT2D eigenvalue weighted by Crippen LogP contribution is -2.66. The van der Waals surface area contributed by atoms with Crippen LogP contribution in [0.5, 0.6) is 0 Å². The van der Waals surface area contributed by atoms with Gasteiger partial charge in [0.2, 0.25) is 0 Å². The van der Waals surface area contributed by atoms with Crippen LogP contribution in [0.3, 0.4) is 0 Å². The summed E-state index contributed by atoms with van der Waals surface area (Å²) in [6.07, 6.45) is 2.59. The molecule has 396 valence electrons. The van der Waals surface area contributed by atoms with Gasteiger partial charge in [-0.15, -0.1) is 22.7 Å². The third-order valence-electron chi connectivity index (χ3n) is 15.5. The highest BCUT2D eigenvalue weighted by molar-refractivity contribution is 7.91. The Morgan fingerprint density at radius 3 is 1.18 bits per heavy atom. The van der Waals surface area contributed by atoms with Gasteiger partial charge in [-0.05, 0) is 126 Å². The highest BCUT2D eigenvalue weighted by atomic mass is 32.3. The van der Waals surface area contributed by atoms with Crippen molar-refractivity contribution >= 4 is 54.1 Å². The summed E-state index contributed by atoms with van der Waals surface area (Å²) in [4.78, 5) is 9.48. The highest BCUT2D eigenvalue weighted by Crippen LogP contribution is 2.38. The van der Waals surface area contributed by atoms with E-state index in [4.69, 9.17) is 9.47 Å². The minimum Gasteiger partial charge on any atom is -0.390 e. The van der Waals surface area contributed by atoms with Crippen molar-refractivity contribution in [1.29, 1.82) is 0 Å². The molecular formula is C52H74N6O10S4. The number of piperazine rings is 2. The number of benzene rings is 2. The molecule has 4 bridgehead atoms. The van der Waals surface area contributed by atoms with Gasteiger partial charge in [0.05, 0.1) is 60.9 Å². The fraction of sp³-hybridized carbons (Fsp3) is 0.615.